The van der Waals surface area contributed by atoms with Crippen molar-refractivity contribution in [2.45, 2.75) is 13.3 Å². The van der Waals surface area contributed by atoms with E-state index < -0.39 is 0 Å². The zero-order chi connectivity index (χ0) is 8.55. The lowest BCUT2D eigenvalue weighted by molar-refractivity contribution is 1.10. The van der Waals surface area contributed by atoms with Crippen LogP contribution in [0.3, 0.4) is 0 Å². The quantitative estimate of drug-likeness (QED) is 0.592. The van der Waals surface area contributed by atoms with Gasteiger partial charge in [0.05, 0.1) is 5.69 Å². The van der Waals surface area contributed by atoms with Crippen LogP contribution in [-0.2, 0) is 6.42 Å². The first-order valence-corrected chi connectivity index (χ1v) is 3.92. The van der Waals surface area contributed by atoms with Gasteiger partial charge in [-0.25, -0.2) is 4.79 Å². The Kier molecular flexibility index (Phi) is 1.50. The zero-order valence-electron chi connectivity index (χ0n) is 6.85. The van der Waals surface area contributed by atoms with Crippen molar-refractivity contribution < 1.29 is 0 Å². The maximum absolute atomic E-state index is 10.9. The molecular weight excluding hydrogens is 152 g/mol. The number of hydrogen-bond acceptors (Lipinski definition) is 1. The van der Waals surface area contributed by atoms with Crippen LogP contribution in [0, 0.1) is 0 Å². The highest BCUT2D eigenvalue weighted by atomic mass is 16.1. The standard InChI is InChI=1S/C9H10N2O/c1-6-2-4-7-8(5-3-6)11-9(12)10-7/h2-4H,5H2,1H3,(H2,10,11,12). The summed E-state index contributed by atoms with van der Waals surface area (Å²) in [5, 5.41) is 0. The fraction of sp³-hybridized carbons (Fsp3) is 0.222. The minimum atomic E-state index is -0.127. The van der Waals surface area contributed by atoms with Crippen molar-refractivity contribution in [3.63, 3.8) is 0 Å². The minimum absolute atomic E-state index is 0.127. The molecule has 0 fully saturated rings. The summed E-state index contributed by atoms with van der Waals surface area (Å²) in [6.07, 6.45) is 6.81. The Morgan fingerprint density at radius 1 is 1.33 bits per heavy atom. The average Bonchev–Trinajstić information content (AvgIpc) is 2.31. The monoisotopic (exact) mass is 162 g/mol. The van der Waals surface area contributed by atoms with Gasteiger partial charge in [-0.1, -0.05) is 17.7 Å². The van der Waals surface area contributed by atoms with E-state index in [2.05, 4.69) is 16.0 Å². The number of imidazole rings is 1. The van der Waals surface area contributed by atoms with E-state index in [9.17, 15) is 4.79 Å². The van der Waals surface area contributed by atoms with Gasteiger partial charge in [0.2, 0.25) is 0 Å². The fourth-order valence-electron chi connectivity index (χ4n) is 1.28. The molecule has 0 unspecified atom stereocenters. The molecule has 1 aliphatic carbocycles. The van der Waals surface area contributed by atoms with E-state index in [0.717, 1.165) is 17.8 Å². The van der Waals surface area contributed by atoms with Crippen molar-refractivity contribution in [3.8, 4) is 0 Å². The van der Waals surface area contributed by atoms with E-state index >= 15 is 0 Å². The van der Waals surface area contributed by atoms with Crippen LogP contribution >= 0.6 is 0 Å². The second-order valence-corrected chi connectivity index (χ2v) is 2.96. The third kappa shape index (κ3) is 1.13. The van der Waals surface area contributed by atoms with E-state index in [0.29, 0.717) is 0 Å². The van der Waals surface area contributed by atoms with Crippen molar-refractivity contribution in [2.24, 2.45) is 0 Å². The molecule has 2 rings (SSSR count). The first-order valence-electron chi connectivity index (χ1n) is 3.92. The van der Waals surface area contributed by atoms with Crippen LogP contribution in [-0.4, -0.2) is 9.97 Å². The van der Waals surface area contributed by atoms with Crippen LogP contribution in [0.5, 0.6) is 0 Å². The van der Waals surface area contributed by atoms with E-state index in [-0.39, 0.29) is 5.69 Å². The number of allylic oxidation sites excluding steroid dienone is 3. The van der Waals surface area contributed by atoms with Gasteiger partial charge in [-0.05, 0) is 13.0 Å². The molecule has 0 atom stereocenters. The summed E-state index contributed by atoms with van der Waals surface area (Å²) in [4.78, 5) is 16.4. The Hall–Kier alpha value is -1.51. The van der Waals surface area contributed by atoms with Crippen molar-refractivity contribution in [1.82, 2.24) is 9.97 Å². The predicted molar refractivity (Wildman–Crippen MR) is 47.9 cm³/mol. The van der Waals surface area contributed by atoms with Crippen LogP contribution in [0.4, 0.5) is 0 Å². The summed E-state index contributed by atoms with van der Waals surface area (Å²) >= 11 is 0. The van der Waals surface area contributed by atoms with Crippen molar-refractivity contribution in [1.29, 1.82) is 0 Å². The summed E-state index contributed by atoms with van der Waals surface area (Å²) in [5.41, 5.74) is 2.96. The Balaban J connectivity index is 2.53. The Bertz CT molecular complexity index is 406. The van der Waals surface area contributed by atoms with Gasteiger partial charge in [-0.3, -0.25) is 0 Å². The Morgan fingerprint density at radius 2 is 2.17 bits per heavy atom. The number of rotatable bonds is 0. The molecule has 62 valence electrons. The Morgan fingerprint density at radius 3 is 3.00 bits per heavy atom. The molecular formula is C9H10N2O. The topological polar surface area (TPSA) is 48.6 Å². The van der Waals surface area contributed by atoms with E-state index in [4.69, 9.17) is 0 Å². The molecule has 0 saturated carbocycles. The van der Waals surface area contributed by atoms with Crippen LogP contribution in [0.1, 0.15) is 18.3 Å². The molecule has 3 heteroatoms. The number of fused-ring (bicyclic) bond motifs is 1. The van der Waals surface area contributed by atoms with Crippen molar-refractivity contribution in [3.05, 3.63) is 39.6 Å². The van der Waals surface area contributed by atoms with E-state index in [1.54, 1.807) is 0 Å². The molecule has 0 aromatic carbocycles. The molecule has 1 heterocycles. The number of H-pyrrole nitrogens is 2. The molecule has 0 amide bonds. The summed E-state index contributed by atoms with van der Waals surface area (Å²) in [5.74, 6) is 0. The van der Waals surface area contributed by atoms with E-state index in [1.165, 1.54) is 5.57 Å². The summed E-state index contributed by atoms with van der Waals surface area (Å²) in [6.45, 7) is 2.04. The molecule has 1 aromatic rings. The summed E-state index contributed by atoms with van der Waals surface area (Å²) in [7, 11) is 0. The lowest BCUT2D eigenvalue weighted by atomic mass is 10.2. The van der Waals surface area contributed by atoms with Crippen LogP contribution in [0.15, 0.2) is 22.5 Å². The lowest BCUT2D eigenvalue weighted by Gasteiger charge is -1.89. The van der Waals surface area contributed by atoms with Gasteiger partial charge < -0.3 is 9.97 Å². The second-order valence-electron chi connectivity index (χ2n) is 2.96. The van der Waals surface area contributed by atoms with Crippen molar-refractivity contribution in [2.75, 3.05) is 0 Å². The number of aromatic amines is 2. The molecule has 0 radical (unpaired) electrons. The maximum Gasteiger partial charge on any atom is 0.323 e. The fourth-order valence-corrected chi connectivity index (χ4v) is 1.28. The van der Waals surface area contributed by atoms with Gasteiger partial charge in [0.15, 0.2) is 0 Å². The molecule has 0 saturated heterocycles. The van der Waals surface area contributed by atoms with E-state index in [1.807, 2.05) is 19.1 Å². The number of aromatic nitrogens is 2. The van der Waals surface area contributed by atoms with Gasteiger partial charge in [0, 0.05) is 12.1 Å². The predicted octanol–water partition coefficient (Wildman–Crippen LogP) is 1.22. The molecule has 0 bridgehead atoms. The second kappa shape index (κ2) is 2.52. The molecule has 2 N–H and O–H groups in total. The van der Waals surface area contributed by atoms with Gasteiger partial charge in [-0.2, -0.15) is 0 Å². The molecule has 0 aliphatic heterocycles. The highest BCUT2D eigenvalue weighted by Gasteiger charge is 2.04. The maximum atomic E-state index is 10.9. The number of nitrogens with one attached hydrogen (secondary N) is 2. The highest BCUT2D eigenvalue weighted by molar-refractivity contribution is 5.53. The van der Waals surface area contributed by atoms with Crippen LogP contribution in [0.25, 0.3) is 6.08 Å². The lowest BCUT2D eigenvalue weighted by Crippen LogP contribution is -2.01. The summed E-state index contributed by atoms with van der Waals surface area (Å²) < 4.78 is 0. The number of hydrogen-bond donors (Lipinski definition) is 2. The average molecular weight is 162 g/mol. The van der Waals surface area contributed by atoms with Crippen LogP contribution in [0.2, 0.25) is 0 Å². The normalized spacial score (nSPS) is 15.2. The molecule has 1 aromatic heterocycles. The highest BCUT2D eigenvalue weighted by Crippen LogP contribution is 2.12. The first-order chi connectivity index (χ1) is 5.75. The third-order valence-electron chi connectivity index (χ3n) is 1.98. The zero-order valence-corrected chi connectivity index (χ0v) is 6.85. The minimum Gasteiger partial charge on any atom is -0.309 e. The van der Waals surface area contributed by atoms with Crippen LogP contribution < -0.4 is 5.69 Å². The largest absolute Gasteiger partial charge is 0.323 e. The smallest absolute Gasteiger partial charge is 0.309 e. The molecule has 12 heavy (non-hydrogen) atoms. The van der Waals surface area contributed by atoms with Gasteiger partial charge in [0.25, 0.3) is 0 Å². The Labute approximate surface area is 69.8 Å². The summed E-state index contributed by atoms with van der Waals surface area (Å²) in [6, 6.07) is 0. The third-order valence-corrected chi connectivity index (χ3v) is 1.98. The van der Waals surface area contributed by atoms with Gasteiger partial charge >= 0.3 is 5.69 Å². The van der Waals surface area contributed by atoms with Crippen molar-refractivity contribution >= 4 is 6.08 Å². The first kappa shape index (κ1) is 7.16. The van der Waals surface area contributed by atoms with Gasteiger partial charge in [0.1, 0.15) is 0 Å². The van der Waals surface area contributed by atoms with Gasteiger partial charge in [-0.15, -0.1) is 0 Å². The molecule has 0 spiro atoms. The SMILES string of the molecule is CC1=CCc2[nH]c(=O)[nH]c2C=C1. The molecule has 1 aliphatic rings. The molecule has 3 nitrogen and oxygen atoms in total.